The molecule has 0 aliphatic heterocycles. The summed E-state index contributed by atoms with van der Waals surface area (Å²) in [6, 6.07) is 12.6. The minimum absolute atomic E-state index is 0.0734. The molecule has 128 valence electrons. The Kier molecular flexibility index (Phi) is 6.57. The molecule has 2 amide bonds. The maximum atomic E-state index is 12.1. The van der Waals surface area contributed by atoms with Gasteiger partial charge >= 0.3 is 0 Å². The van der Waals surface area contributed by atoms with Crippen LogP contribution in [0.15, 0.2) is 53.1 Å². The smallest absolute Gasteiger partial charge is 0.242 e. The Hall–Kier alpha value is -2.60. The number of amides is 2. The zero-order chi connectivity index (χ0) is 17.4. The van der Waals surface area contributed by atoms with Crippen LogP contribution < -0.4 is 16.0 Å². The van der Waals surface area contributed by atoms with E-state index in [-0.39, 0.29) is 24.4 Å². The molecule has 6 heteroatoms. The van der Waals surface area contributed by atoms with Gasteiger partial charge in [-0.25, -0.2) is 0 Å². The Labute approximate surface area is 141 Å². The summed E-state index contributed by atoms with van der Waals surface area (Å²) < 4.78 is 5.48. The van der Waals surface area contributed by atoms with Crippen molar-refractivity contribution in [2.75, 3.05) is 13.1 Å². The highest BCUT2D eigenvalue weighted by Crippen LogP contribution is 2.21. The Balaban J connectivity index is 1.96. The summed E-state index contributed by atoms with van der Waals surface area (Å²) in [7, 11) is 0. The highest BCUT2D eigenvalue weighted by molar-refractivity contribution is 5.87. The summed E-state index contributed by atoms with van der Waals surface area (Å²) in [5.41, 5.74) is 0.997. The fourth-order valence-corrected chi connectivity index (χ4v) is 2.36. The lowest BCUT2D eigenvalue weighted by atomic mass is 10.0. The first-order valence-electron chi connectivity index (χ1n) is 8.00. The molecule has 0 radical (unpaired) electrons. The second-order valence-electron chi connectivity index (χ2n) is 5.42. The average molecular weight is 329 g/mol. The second kappa shape index (κ2) is 8.88. The molecule has 0 spiro atoms. The van der Waals surface area contributed by atoms with Crippen LogP contribution in [0.4, 0.5) is 0 Å². The van der Waals surface area contributed by atoms with Crippen molar-refractivity contribution in [1.29, 1.82) is 0 Å². The van der Waals surface area contributed by atoms with Gasteiger partial charge in [0.2, 0.25) is 11.8 Å². The lowest BCUT2D eigenvalue weighted by Gasteiger charge is -2.18. The number of carbonyl (C=O) groups excluding carboxylic acids is 2. The van der Waals surface area contributed by atoms with Crippen LogP contribution in [0.2, 0.25) is 0 Å². The molecular formula is C18H23N3O3. The van der Waals surface area contributed by atoms with Gasteiger partial charge in [0.05, 0.1) is 18.8 Å². The Morgan fingerprint density at radius 2 is 1.88 bits per heavy atom. The van der Waals surface area contributed by atoms with Gasteiger partial charge in [0.15, 0.2) is 0 Å². The Bertz CT molecular complexity index is 641. The molecule has 0 unspecified atom stereocenters. The van der Waals surface area contributed by atoms with Gasteiger partial charge in [-0.2, -0.15) is 0 Å². The first-order valence-corrected chi connectivity index (χ1v) is 8.00. The molecule has 0 saturated heterocycles. The summed E-state index contributed by atoms with van der Waals surface area (Å²) >= 11 is 0. The van der Waals surface area contributed by atoms with Crippen molar-refractivity contribution >= 4 is 11.8 Å². The maximum Gasteiger partial charge on any atom is 0.242 e. The van der Waals surface area contributed by atoms with Crippen LogP contribution >= 0.6 is 0 Å². The van der Waals surface area contributed by atoms with Crippen molar-refractivity contribution in [2.24, 2.45) is 0 Å². The van der Waals surface area contributed by atoms with Crippen LogP contribution in [0.1, 0.15) is 31.2 Å². The molecule has 0 bridgehead atoms. The summed E-state index contributed by atoms with van der Waals surface area (Å²) in [6.45, 7) is 4.10. The van der Waals surface area contributed by atoms with Crippen molar-refractivity contribution in [2.45, 2.75) is 25.9 Å². The first-order chi connectivity index (χ1) is 11.6. The number of furan rings is 1. The zero-order valence-corrected chi connectivity index (χ0v) is 13.9. The highest BCUT2D eigenvalue weighted by Gasteiger charge is 2.19. The van der Waals surface area contributed by atoms with Crippen molar-refractivity contribution < 1.29 is 14.0 Å². The predicted molar refractivity (Wildman–Crippen MR) is 91.3 cm³/mol. The van der Waals surface area contributed by atoms with Gasteiger partial charge in [-0.15, -0.1) is 0 Å². The van der Waals surface area contributed by atoms with E-state index < -0.39 is 6.04 Å². The van der Waals surface area contributed by atoms with Gasteiger partial charge in [0.1, 0.15) is 11.8 Å². The quantitative estimate of drug-likeness (QED) is 0.687. The maximum absolute atomic E-state index is 12.1. The Morgan fingerprint density at radius 3 is 2.50 bits per heavy atom. The SMILES string of the molecule is CCNC(=O)[C@H](C)NC(=O)CN[C@@H](c1ccccc1)c1ccco1. The second-order valence-corrected chi connectivity index (χ2v) is 5.42. The van der Waals surface area contributed by atoms with E-state index in [9.17, 15) is 9.59 Å². The van der Waals surface area contributed by atoms with E-state index in [1.165, 1.54) is 0 Å². The number of carbonyl (C=O) groups is 2. The number of hydrogen-bond donors (Lipinski definition) is 3. The molecule has 0 saturated carbocycles. The van der Waals surface area contributed by atoms with E-state index in [1.54, 1.807) is 13.2 Å². The van der Waals surface area contributed by atoms with Crippen LogP contribution in [-0.2, 0) is 9.59 Å². The summed E-state index contributed by atoms with van der Waals surface area (Å²) in [5.74, 6) is 0.281. The van der Waals surface area contributed by atoms with E-state index in [1.807, 2.05) is 49.4 Å². The molecule has 6 nitrogen and oxygen atoms in total. The summed E-state index contributed by atoms with van der Waals surface area (Å²) in [5, 5.41) is 8.52. The molecule has 0 fully saturated rings. The number of benzene rings is 1. The number of likely N-dealkylation sites (N-methyl/N-ethyl adjacent to an activating group) is 1. The Morgan fingerprint density at radius 1 is 1.12 bits per heavy atom. The van der Waals surface area contributed by atoms with Crippen LogP contribution in [0.3, 0.4) is 0 Å². The van der Waals surface area contributed by atoms with Gasteiger partial charge in [-0.05, 0) is 31.5 Å². The predicted octanol–water partition coefficient (Wildman–Crippen LogP) is 1.60. The van der Waals surface area contributed by atoms with Crippen LogP contribution in [0, 0.1) is 0 Å². The topological polar surface area (TPSA) is 83.4 Å². The third kappa shape index (κ3) is 4.96. The van der Waals surface area contributed by atoms with Crippen LogP contribution in [-0.4, -0.2) is 30.9 Å². The normalized spacial score (nSPS) is 13.1. The van der Waals surface area contributed by atoms with E-state index in [2.05, 4.69) is 16.0 Å². The van der Waals surface area contributed by atoms with Gasteiger partial charge < -0.3 is 15.1 Å². The summed E-state index contributed by atoms with van der Waals surface area (Å²) in [4.78, 5) is 23.7. The monoisotopic (exact) mass is 329 g/mol. The molecule has 24 heavy (non-hydrogen) atoms. The van der Waals surface area contributed by atoms with Gasteiger partial charge in [-0.1, -0.05) is 30.3 Å². The van der Waals surface area contributed by atoms with Gasteiger partial charge in [0, 0.05) is 6.54 Å². The van der Waals surface area contributed by atoms with Crippen LogP contribution in [0.25, 0.3) is 0 Å². The lowest BCUT2D eigenvalue weighted by Crippen LogP contribution is -2.47. The lowest BCUT2D eigenvalue weighted by molar-refractivity contribution is -0.128. The van der Waals surface area contributed by atoms with E-state index in [0.29, 0.717) is 6.54 Å². The zero-order valence-electron chi connectivity index (χ0n) is 13.9. The number of rotatable bonds is 8. The van der Waals surface area contributed by atoms with Crippen molar-refractivity contribution in [3.63, 3.8) is 0 Å². The molecule has 1 aromatic heterocycles. The van der Waals surface area contributed by atoms with Crippen LogP contribution in [0.5, 0.6) is 0 Å². The van der Waals surface area contributed by atoms with Crippen molar-refractivity contribution in [3.05, 3.63) is 60.1 Å². The molecule has 0 aliphatic carbocycles. The molecule has 1 heterocycles. The largest absolute Gasteiger partial charge is 0.467 e. The average Bonchev–Trinajstić information content (AvgIpc) is 3.10. The third-order valence-electron chi connectivity index (χ3n) is 3.55. The van der Waals surface area contributed by atoms with E-state index >= 15 is 0 Å². The molecule has 3 N–H and O–H groups in total. The molecule has 2 rings (SSSR count). The minimum Gasteiger partial charge on any atom is -0.467 e. The fourth-order valence-electron chi connectivity index (χ4n) is 2.36. The van der Waals surface area contributed by atoms with Crippen molar-refractivity contribution in [3.8, 4) is 0 Å². The van der Waals surface area contributed by atoms with Gasteiger partial charge in [-0.3, -0.25) is 14.9 Å². The van der Waals surface area contributed by atoms with E-state index in [4.69, 9.17) is 4.42 Å². The van der Waals surface area contributed by atoms with Gasteiger partial charge in [0.25, 0.3) is 0 Å². The highest BCUT2D eigenvalue weighted by atomic mass is 16.3. The first kappa shape index (κ1) is 17.7. The molecule has 1 aromatic carbocycles. The number of nitrogens with one attached hydrogen (secondary N) is 3. The van der Waals surface area contributed by atoms with Crippen molar-refractivity contribution in [1.82, 2.24) is 16.0 Å². The molecule has 2 aromatic rings. The summed E-state index contributed by atoms with van der Waals surface area (Å²) in [6.07, 6.45) is 1.60. The molecule has 2 atom stereocenters. The standard InChI is InChI=1S/C18H23N3O3/c1-3-19-18(23)13(2)21-16(22)12-20-17(15-10-7-11-24-15)14-8-5-4-6-9-14/h4-11,13,17,20H,3,12H2,1-2H3,(H,19,23)(H,21,22)/t13-,17-/m0/s1. The third-order valence-corrected chi connectivity index (χ3v) is 3.55. The number of hydrogen-bond acceptors (Lipinski definition) is 4. The minimum atomic E-state index is -0.571. The van der Waals surface area contributed by atoms with E-state index in [0.717, 1.165) is 11.3 Å². The fraction of sp³-hybridized carbons (Fsp3) is 0.333. The molecular weight excluding hydrogens is 306 g/mol. The molecule has 0 aliphatic rings.